The number of halogens is 1. The van der Waals surface area contributed by atoms with Gasteiger partial charge in [-0.1, -0.05) is 49.6 Å². The van der Waals surface area contributed by atoms with Gasteiger partial charge in [-0.15, -0.1) is 12.4 Å². The second-order valence-electron chi connectivity index (χ2n) is 4.87. The minimum atomic E-state index is 0. The zero-order valence-electron chi connectivity index (χ0n) is 9.99. The summed E-state index contributed by atoms with van der Waals surface area (Å²) in [5.41, 5.74) is 7.93. The van der Waals surface area contributed by atoms with Crippen LogP contribution in [0.25, 0.3) is 0 Å². The predicted molar refractivity (Wildman–Crippen MR) is 72.1 cm³/mol. The molecular weight excluding hydrogens is 218 g/mol. The van der Waals surface area contributed by atoms with E-state index in [0.29, 0.717) is 0 Å². The van der Waals surface area contributed by atoms with E-state index in [-0.39, 0.29) is 23.9 Å². The smallest absolute Gasteiger partial charge is 0.0108 e. The van der Waals surface area contributed by atoms with E-state index in [0.717, 1.165) is 0 Å². The van der Waals surface area contributed by atoms with E-state index >= 15 is 0 Å². The van der Waals surface area contributed by atoms with Gasteiger partial charge in [0.2, 0.25) is 0 Å². The molecule has 0 aliphatic heterocycles. The molecule has 2 N–H and O–H groups in total. The number of hydrogen-bond acceptors (Lipinski definition) is 1. The van der Waals surface area contributed by atoms with Crippen molar-refractivity contribution in [2.75, 3.05) is 0 Å². The van der Waals surface area contributed by atoms with Gasteiger partial charge in [0.05, 0.1) is 0 Å². The van der Waals surface area contributed by atoms with Gasteiger partial charge in [0.1, 0.15) is 0 Å². The van der Waals surface area contributed by atoms with Crippen LogP contribution >= 0.6 is 12.4 Å². The van der Waals surface area contributed by atoms with Gasteiger partial charge in [-0.25, -0.2) is 0 Å². The SMILES string of the molecule is CC(N)C1(c2ccccc2)CCCCC1.Cl. The second kappa shape index (κ2) is 5.70. The van der Waals surface area contributed by atoms with Gasteiger partial charge in [0, 0.05) is 11.5 Å². The van der Waals surface area contributed by atoms with Crippen LogP contribution in [0.2, 0.25) is 0 Å². The Bertz CT molecular complexity index is 302. The van der Waals surface area contributed by atoms with Crippen LogP contribution in [0.15, 0.2) is 30.3 Å². The molecule has 1 saturated carbocycles. The van der Waals surface area contributed by atoms with E-state index in [1.807, 2.05) is 0 Å². The van der Waals surface area contributed by atoms with E-state index in [4.69, 9.17) is 5.73 Å². The van der Waals surface area contributed by atoms with Crippen molar-refractivity contribution < 1.29 is 0 Å². The number of rotatable bonds is 2. The highest BCUT2D eigenvalue weighted by atomic mass is 35.5. The summed E-state index contributed by atoms with van der Waals surface area (Å²) in [4.78, 5) is 0. The number of hydrogen-bond donors (Lipinski definition) is 1. The van der Waals surface area contributed by atoms with Crippen LogP contribution < -0.4 is 5.73 Å². The molecule has 1 aromatic carbocycles. The van der Waals surface area contributed by atoms with E-state index in [2.05, 4.69) is 37.3 Å². The summed E-state index contributed by atoms with van der Waals surface area (Å²) in [6.07, 6.45) is 6.55. The van der Waals surface area contributed by atoms with Crippen molar-refractivity contribution in [2.24, 2.45) is 5.73 Å². The molecule has 0 radical (unpaired) electrons. The van der Waals surface area contributed by atoms with Crippen molar-refractivity contribution in [1.29, 1.82) is 0 Å². The minimum Gasteiger partial charge on any atom is -0.327 e. The Morgan fingerprint density at radius 3 is 2.12 bits per heavy atom. The van der Waals surface area contributed by atoms with Crippen LogP contribution in [0, 0.1) is 0 Å². The predicted octanol–water partition coefficient (Wildman–Crippen LogP) is 3.66. The molecule has 1 aromatic rings. The van der Waals surface area contributed by atoms with E-state index in [1.54, 1.807) is 0 Å². The first-order valence-electron chi connectivity index (χ1n) is 6.07. The van der Waals surface area contributed by atoms with Crippen molar-refractivity contribution >= 4 is 12.4 Å². The summed E-state index contributed by atoms with van der Waals surface area (Å²) >= 11 is 0. The summed E-state index contributed by atoms with van der Waals surface area (Å²) in [5.74, 6) is 0. The molecule has 0 saturated heterocycles. The lowest BCUT2D eigenvalue weighted by Crippen LogP contribution is -2.44. The van der Waals surface area contributed by atoms with Gasteiger partial charge < -0.3 is 5.73 Å². The van der Waals surface area contributed by atoms with Gasteiger partial charge >= 0.3 is 0 Å². The topological polar surface area (TPSA) is 26.0 Å². The van der Waals surface area contributed by atoms with Crippen LogP contribution in [0.3, 0.4) is 0 Å². The molecule has 1 fully saturated rings. The molecule has 0 aromatic heterocycles. The average molecular weight is 240 g/mol. The fraction of sp³-hybridized carbons (Fsp3) is 0.571. The van der Waals surface area contributed by atoms with Gasteiger partial charge in [-0.05, 0) is 25.3 Å². The third-order valence-corrected chi connectivity index (χ3v) is 3.97. The molecular formula is C14H22ClN. The standard InChI is InChI=1S/C14H21N.ClH/c1-12(15)14(10-6-3-7-11-14)13-8-4-2-5-9-13;/h2,4-5,8-9,12H,3,6-7,10-11,15H2,1H3;1H. The Labute approximate surface area is 105 Å². The van der Waals surface area contributed by atoms with Gasteiger partial charge in [-0.3, -0.25) is 0 Å². The van der Waals surface area contributed by atoms with E-state index in [1.165, 1.54) is 37.7 Å². The first-order chi connectivity index (χ1) is 7.26. The zero-order chi connectivity index (χ0) is 10.7. The molecule has 0 spiro atoms. The normalized spacial score (nSPS) is 20.9. The van der Waals surface area contributed by atoms with Crippen LogP contribution in [0.5, 0.6) is 0 Å². The molecule has 0 amide bonds. The number of nitrogens with two attached hydrogens (primary N) is 1. The van der Waals surface area contributed by atoms with Crippen molar-refractivity contribution in [3.8, 4) is 0 Å². The van der Waals surface area contributed by atoms with Crippen LogP contribution in [-0.2, 0) is 5.41 Å². The summed E-state index contributed by atoms with van der Waals surface area (Å²) in [7, 11) is 0. The average Bonchev–Trinajstić information content (AvgIpc) is 2.31. The maximum atomic E-state index is 6.23. The maximum absolute atomic E-state index is 6.23. The number of benzene rings is 1. The first-order valence-corrected chi connectivity index (χ1v) is 6.07. The Morgan fingerprint density at radius 1 is 1.06 bits per heavy atom. The Kier molecular flexibility index (Phi) is 4.82. The summed E-state index contributed by atoms with van der Waals surface area (Å²) in [6, 6.07) is 11.1. The Morgan fingerprint density at radius 2 is 1.62 bits per heavy atom. The third kappa shape index (κ3) is 2.41. The summed E-state index contributed by atoms with van der Waals surface area (Å²) in [6.45, 7) is 2.16. The zero-order valence-corrected chi connectivity index (χ0v) is 10.8. The molecule has 1 atom stereocenters. The Hall–Kier alpha value is -0.530. The molecule has 2 rings (SSSR count). The van der Waals surface area contributed by atoms with Crippen molar-refractivity contribution in [3.63, 3.8) is 0 Å². The lowest BCUT2D eigenvalue weighted by Gasteiger charge is -2.41. The molecule has 1 aliphatic carbocycles. The lowest BCUT2D eigenvalue weighted by atomic mass is 9.65. The molecule has 2 heteroatoms. The Balaban J connectivity index is 0.00000128. The lowest BCUT2D eigenvalue weighted by molar-refractivity contribution is 0.252. The fourth-order valence-electron chi connectivity index (χ4n) is 2.96. The molecule has 1 aliphatic rings. The van der Waals surface area contributed by atoms with Gasteiger partial charge in [-0.2, -0.15) is 0 Å². The monoisotopic (exact) mass is 239 g/mol. The molecule has 1 nitrogen and oxygen atoms in total. The third-order valence-electron chi connectivity index (χ3n) is 3.97. The molecule has 90 valence electrons. The molecule has 0 heterocycles. The van der Waals surface area contributed by atoms with Gasteiger partial charge in [0.15, 0.2) is 0 Å². The summed E-state index contributed by atoms with van der Waals surface area (Å²) in [5, 5.41) is 0. The fourth-order valence-corrected chi connectivity index (χ4v) is 2.96. The quantitative estimate of drug-likeness (QED) is 0.838. The van der Waals surface area contributed by atoms with Crippen molar-refractivity contribution in [2.45, 2.75) is 50.5 Å². The first kappa shape index (κ1) is 13.5. The van der Waals surface area contributed by atoms with Crippen LogP contribution in [0.4, 0.5) is 0 Å². The molecule has 16 heavy (non-hydrogen) atoms. The highest BCUT2D eigenvalue weighted by molar-refractivity contribution is 5.85. The highest BCUT2D eigenvalue weighted by Crippen LogP contribution is 2.41. The van der Waals surface area contributed by atoms with Crippen LogP contribution in [-0.4, -0.2) is 6.04 Å². The molecule has 1 unspecified atom stereocenters. The van der Waals surface area contributed by atoms with Crippen molar-refractivity contribution in [3.05, 3.63) is 35.9 Å². The van der Waals surface area contributed by atoms with Gasteiger partial charge in [0.25, 0.3) is 0 Å². The second-order valence-corrected chi connectivity index (χ2v) is 4.87. The highest BCUT2D eigenvalue weighted by Gasteiger charge is 2.36. The largest absolute Gasteiger partial charge is 0.327 e. The van der Waals surface area contributed by atoms with Crippen molar-refractivity contribution in [1.82, 2.24) is 0 Å². The molecule has 0 bridgehead atoms. The minimum absolute atomic E-state index is 0. The maximum Gasteiger partial charge on any atom is 0.0108 e. The summed E-state index contributed by atoms with van der Waals surface area (Å²) < 4.78 is 0. The van der Waals surface area contributed by atoms with E-state index < -0.39 is 0 Å². The van der Waals surface area contributed by atoms with E-state index in [9.17, 15) is 0 Å². The van der Waals surface area contributed by atoms with Crippen LogP contribution in [0.1, 0.15) is 44.6 Å².